The molecule has 0 saturated carbocycles. The SMILES string of the molecule is CO.C[C@@H]1OC=C(C(=O)O)[C@H]2C[C@@H]3N(CC[C@]34C(=O)Nc3ccccc34)C[C@@H]12. The molecule has 0 bridgehead atoms. The first kappa shape index (κ1) is 19.0. The third kappa shape index (κ3) is 2.49. The average Bonchev–Trinajstić information content (AvgIpc) is 3.22. The molecular weight excluding hydrogens is 360 g/mol. The molecule has 150 valence electrons. The predicted molar refractivity (Wildman–Crippen MR) is 103 cm³/mol. The number of nitrogens with zero attached hydrogens (tertiary/aromatic N) is 1. The summed E-state index contributed by atoms with van der Waals surface area (Å²) in [5.74, 6) is -0.778. The Kier molecular flexibility index (Phi) is 4.67. The number of ether oxygens (including phenoxy) is 1. The number of hydrogen-bond acceptors (Lipinski definition) is 5. The number of nitrogens with one attached hydrogen (secondary N) is 1. The molecule has 4 heterocycles. The summed E-state index contributed by atoms with van der Waals surface area (Å²) >= 11 is 0. The molecule has 4 aliphatic rings. The molecule has 5 atom stereocenters. The Hall–Kier alpha value is -2.38. The quantitative estimate of drug-likeness (QED) is 0.678. The summed E-state index contributed by atoms with van der Waals surface area (Å²) in [5, 5.41) is 19.7. The molecule has 3 N–H and O–H groups in total. The Balaban J connectivity index is 0.000000932. The average molecular weight is 386 g/mol. The van der Waals surface area contributed by atoms with E-state index in [1.54, 1.807) is 0 Å². The van der Waals surface area contributed by atoms with E-state index >= 15 is 0 Å². The molecule has 7 heteroatoms. The number of hydrogen-bond donors (Lipinski definition) is 3. The van der Waals surface area contributed by atoms with Gasteiger partial charge in [-0.2, -0.15) is 0 Å². The molecule has 2 saturated heterocycles. The van der Waals surface area contributed by atoms with Crippen LogP contribution in [0, 0.1) is 11.8 Å². The minimum Gasteiger partial charge on any atom is -0.497 e. The fourth-order valence-electron chi connectivity index (χ4n) is 5.66. The van der Waals surface area contributed by atoms with E-state index in [4.69, 9.17) is 9.84 Å². The van der Waals surface area contributed by atoms with Crippen molar-refractivity contribution in [2.24, 2.45) is 11.8 Å². The van der Waals surface area contributed by atoms with Crippen molar-refractivity contribution in [1.29, 1.82) is 0 Å². The molecule has 2 fully saturated rings. The van der Waals surface area contributed by atoms with Crippen LogP contribution in [0.5, 0.6) is 0 Å². The van der Waals surface area contributed by atoms with E-state index in [1.807, 2.05) is 31.2 Å². The highest BCUT2D eigenvalue weighted by molar-refractivity contribution is 6.07. The normalized spacial score (nSPS) is 35.5. The van der Waals surface area contributed by atoms with E-state index in [0.29, 0.717) is 12.0 Å². The molecule has 28 heavy (non-hydrogen) atoms. The number of aliphatic carboxylic acids is 1. The second-order valence-electron chi connectivity index (χ2n) is 7.96. The van der Waals surface area contributed by atoms with Crippen molar-refractivity contribution in [2.45, 2.75) is 37.3 Å². The van der Waals surface area contributed by atoms with Crippen LogP contribution in [0.25, 0.3) is 0 Å². The first-order valence-corrected chi connectivity index (χ1v) is 9.71. The van der Waals surface area contributed by atoms with Gasteiger partial charge >= 0.3 is 5.97 Å². The van der Waals surface area contributed by atoms with Gasteiger partial charge in [-0.05, 0) is 37.9 Å². The number of carbonyl (C=O) groups is 2. The van der Waals surface area contributed by atoms with Crippen molar-refractivity contribution >= 4 is 17.6 Å². The predicted octanol–water partition coefficient (Wildman–Crippen LogP) is 1.58. The summed E-state index contributed by atoms with van der Waals surface area (Å²) in [4.78, 5) is 27.2. The number of piperidine rings is 1. The Bertz CT molecular complexity index is 838. The molecule has 0 radical (unpaired) electrons. The number of carboxylic acids is 1. The number of para-hydroxylation sites is 1. The maximum absolute atomic E-state index is 13.1. The standard InChI is InChI=1S/C20H22N2O4.CH4O/c1-11-13-9-22-7-6-20(15-4-2-3-5-16(15)21-19(20)25)17(22)8-12(13)14(10-26-11)18(23)24;1-2/h2-5,10-13,17H,6-9H2,1H3,(H,21,25)(H,23,24);2H,1H3/t11-,12-,13-,17-,20+;/m0./s1. The van der Waals surface area contributed by atoms with Crippen molar-refractivity contribution in [3.63, 3.8) is 0 Å². The molecule has 0 aromatic heterocycles. The third-order valence-electron chi connectivity index (χ3n) is 6.96. The summed E-state index contributed by atoms with van der Waals surface area (Å²) in [6.07, 6.45) is 2.87. The van der Waals surface area contributed by atoms with Crippen LogP contribution in [0.2, 0.25) is 0 Å². The van der Waals surface area contributed by atoms with Crippen LogP contribution in [0.1, 0.15) is 25.3 Å². The second-order valence-corrected chi connectivity index (χ2v) is 7.96. The van der Waals surface area contributed by atoms with E-state index in [2.05, 4.69) is 10.2 Å². The van der Waals surface area contributed by atoms with Crippen molar-refractivity contribution in [1.82, 2.24) is 4.90 Å². The Morgan fingerprint density at radius 1 is 1.32 bits per heavy atom. The fraction of sp³-hybridized carbons (Fsp3) is 0.524. The Labute approximate surface area is 164 Å². The van der Waals surface area contributed by atoms with Gasteiger partial charge in [-0.3, -0.25) is 9.69 Å². The summed E-state index contributed by atoms with van der Waals surface area (Å²) < 4.78 is 5.62. The van der Waals surface area contributed by atoms with Gasteiger partial charge in [-0.25, -0.2) is 4.79 Å². The summed E-state index contributed by atoms with van der Waals surface area (Å²) in [7, 11) is 1.00. The van der Waals surface area contributed by atoms with Crippen LogP contribution in [0.4, 0.5) is 5.69 Å². The lowest BCUT2D eigenvalue weighted by molar-refractivity contribution is -0.135. The number of aliphatic hydroxyl groups is 1. The number of carbonyl (C=O) groups excluding carboxylic acids is 1. The molecule has 0 aliphatic carbocycles. The zero-order valence-corrected chi connectivity index (χ0v) is 16.1. The topological polar surface area (TPSA) is 99.1 Å². The van der Waals surface area contributed by atoms with Crippen molar-refractivity contribution in [3.8, 4) is 0 Å². The van der Waals surface area contributed by atoms with Gasteiger partial charge in [-0.1, -0.05) is 18.2 Å². The van der Waals surface area contributed by atoms with Crippen LogP contribution >= 0.6 is 0 Å². The van der Waals surface area contributed by atoms with Gasteiger partial charge in [0.05, 0.1) is 23.4 Å². The molecule has 1 aromatic carbocycles. The van der Waals surface area contributed by atoms with E-state index in [-0.39, 0.29) is 29.9 Å². The van der Waals surface area contributed by atoms with Gasteiger partial charge in [0.1, 0.15) is 0 Å². The Morgan fingerprint density at radius 3 is 2.82 bits per heavy atom. The van der Waals surface area contributed by atoms with Crippen molar-refractivity contribution < 1.29 is 24.5 Å². The first-order valence-electron chi connectivity index (χ1n) is 9.71. The van der Waals surface area contributed by atoms with Crippen LogP contribution in [0.3, 0.4) is 0 Å². The highest BCUT2D eigenvalue weighted by Crippen LogP contribution is 2.53. The monoisotopic (exact) mass is 386 g/mol. The number of rotatable bonds is 1. The van der Waals surface area contributed by atoms with Gasteiger partial charge in [0.25, 0.3) is 0 Å². The number of amides is 1. The zero-order chi connectivity index (χ0) is 20.1. The van der Waals surface area contributed by atoms with Crippen molar-refractivity contribution in [2.75, 3.05) is 25.5 Å². The maximum Gasteiger partial charge on any atom is 0.334 e. The number of benzene rings is 1. The lowest BCUT2D eigenvalue weighted by atomic mass is 9.66. The van der Waals surface area contributed by atoms with Gasteiger partial charge in [0, 0.05) is 37.2 Å². The second kappa shape index (κ2) is 6.90. The van der Waals surface area contributed by atoms with Gasteiger partial charge in [0.15, 0.2) is 0 Å². The van der Waals surface area contributed by atoms with E-state index < -0.39 is 11.4 Å². The van der Waals surface area contributed by atoms with Crippen LogP contribution in [-0.4, -0.2) is 59.3 Å². The van der Waals surface area contributed by atoms with Gasteiger partial charge in [0.2, 0.25) is 5.91 Å². The van der Waals surface area contributed by atoms with Crippen LogP contribution in [0.15, 0.2) is 36.1 Å². The lowest BCUT2D eigenvalue weighted by Crippen LogP contribution is -2.56. The minimum atomic E-state index is -0.913. The number of aliphatic hydroxyl groups excluding tert-OH is 1. The van der Waals surface area contributed by atoms with Gasteiger partial charge < -0.3 is 20.3 Å². The highest BCUT2D eigenvalue weighted by Gasteiger charge is 2.61. The first-order chi connectivity index (χ1) is 13.5. The van der Waals surface area contributed by atoms with Crippen LogP contribution < -0.4 is 5.32 Å². The maximum atomic E-state index is 13.1. The Morgan fingerprint density at radius 2 is 2.07 bits per heavy atom. The molecule has 0 unspecified atom stereocenters. The molecule has 4 aliphatic heterocycles. The summed E-state index contributed by atoms with van der Waals surface area (Å²) in [6.45, 7) is 3.64. The number of carboxylic acid groups (broad SMARTS) is 1. The summed E-state index contributed by atoms with van der Waals surface area (Å²) in [6, 6.07) is 7.95. The fourth-order valence-corrected chi connectivity index (χ4v) is 5.66. The van der Waals surface area contributed by atoms with Gasteiger partial charge in [-0.15, -0.1) is 0 Å². The smallest absolute Gasteiger partial charge is 0.334 e. The zero-order valence-electron chi connectivity index (χ0n) is 16.1. The molecule has 5 rings (SSSR count). The van der Waals surface area contributed by atoms with E-state index in [0.717, 1.165) is 37.9 Å². The molecule has 1 aromatic rings. The summed E-state index contributed by atoms with van der Waals surface area (Å²) in [5.41, 5.74) is 1.75. The van der Waals surface area contributed by atoms with E-state index in [1.165, 1.54) is 6.26 Å². The molecule has 7 nitrogen and oxygen atoms in total. The van der Waals surface area contributed by atoms with Crippen molar-refractivity contribution in [3.05, 3.63) is 41.7 Å². The highest BCUT2D eigenvalue weighted by atomic mass is 16.5. The number of anilines is 1. The molecule has 1 amide bonds. The third-order valence-corrected chi connectivity index (χ3v) is 6.96. The molecule has 1 spiro atoms. The largest absolute Gasteiger partial charge is 0.497 e. The number of fused-ring (bicyclic) bond motifs is 5. The van der Waals surface area contributed by atoms with Crippen LogP contribution in [-0.2, 0) is 19.7 Å². The minimum absolute atomic E-state index is 0.00899. The van der Waals surface area contributed by atoms with E-state index in [9.17, 15) is 14.7 Å². The molecular formula is C21H26N2O5. The lowest BCUT2D eigenvalue weighted by Gasteiger charge is -2.47.